The molecule has 6 heteroatoms. The smallest absolute Gasteiger partial charge is 0.303 e. The number of hydrogen-bond donors (Lipinski definition) is 0. The quantitative estimate of drug-likeness (QED) is 0.407. The number of ether oxygens (including phenoxy) is 1. The first-order chi connectivity index (χ1) is 7.11. The summed E-state index contributed by atoms with van der Waals surface area (Å²) in [6, 6.07) is 8.56. The monoisotopic (exact) mass is 210 g/mol. The van der Waals surface area contributed by atoms with Crippen LogP contribution in [0.15, 0.2) is 30.3 Å². The SMILES string of the molecule is [O]C(=O)C(OCc1ccccc1)[N+](=O)[O-]. The van der Waals surface area contributed by atoms with Crippen LogP contribution in [-0.2, 0) is 21.2 Å². The first kappa shape index (κ1) is 11.1. The summed E-state index contributed by atoms with van der Waals surface area (Å²) in [4.78, 5) is 19.5. The third-order valence-corrected chi connectivity index (χ3v) is 1.64. The van der Waals surface area contributed by atoms with Gasteiger partial charge in [-0.2, -0.15) is 0 Å². The Balaban J connectivity index is 2.55. The van der Waals surface area contributed by atoms with Crippen LogP contribution in [0.3, 0.4) is 0 Å². The Hall–Kier alpha value is -1.95. The minimum absolute atomic E-state index is 0.138. The molecule has 0 aromatic heterocycles. The fourth-order valence-electron chi connectivity index (χ4n) is 0.964. The summed E-state index contributed by atoms with van der Waals surface area (Å²) in [6.07, 6.45) is -2.12. The Bertz CT molecular complexity index is 337. The molecule has 1 unspecified atom stereocenters. The molecule has 0 saturated carbocycles. The van der Waals surface area contributed by atoms with Gasteiger partial charge in [-0.05, 0) is 5.56 Å². The van der Waals surface area contributed by atoms with Gasteiger partial charge in [0.05, 0.1) is 11.5 Å². The first-order valence-electron chi connectivity index (χ1n) is 4.11. The summed E-state index contributed by atoms with van der Waals surface area (Å²) in [5.74, 6) is -1.85. The van der Waals surface area contributed by atoms with E-state index in [1.54, 1.807) is 30.3 Å². The predicted octanol–water partition coefficient (Wildman–Crippen LogP) is 0.763. The van der Waals surface area contributed by atoms with Gasteiger partial charge in [0.15, 0.2) is 0 Å². The van der Waals surface area contributed by atoms with E-state index < -0.39 is 17.1 Å². The number of nitro groups is 1. The predicted molar refractivity (Wildman–Crippen MR) is 47.7 cm³/mol. The van der Waals surface area contributed by atoms with Gasteiger partial charge >= 0.3 is 12.2 Å². The van der Waals surface area contributed by atoms with Gasteiger partial charge in [0.1, 0.15) is 0 Å². The van der Waals surface area contributed by atoms with E-state index in [9.17, 15) is 20.0 Å². The van der Waals surface area contributed by atoms with Crippen molar-refractivity contribution in [2.45, 2.75) is 12.8 Å². The van der Waals surface area contributed by atoms with Crippen molar-refractivity contribution in [1.82, 2.24) is 0 Å². The van der Waals surface area contributed by atoms with E-state index in [-0.39, 0.29) is 6.61 Å². The molecule has 0 aliphatic rings. The zero-order chi connectivity index (χ0) is 11.3. The fourth-order valence-corrected chi connectivity index (χ4v) is 0.964. The van der Waals surface area contributed by atoms with Crippen molar-refractivity contribution in [3.8, 4) is 0 Å². The van der Waals surface area contributed by atoms with Gasteiger partial charge in [-0.1, -0.05) is 30.3 Å². The minimum atomic E-state index is -2.12. The van der Waals surface area contributed by atoms with Gasteiger partial charge in [0.25, 0.3) is 0 Å². The standard InChI is InChI=1S/C9H8NO5/c11-9(12)8(10(13)14)15-6-7-4-2-1-3-5-7/h1-5,8H,6H2. The molecule has 1 rings (SSSR count). The van der Waals surface area contributed by atoms with Crippen molar-refractivity contribution in [2.75, 3.05) is 0 Å². The second kappa shape index (κ2) is 5.06. The second-order valence-corrected chi connectivity index (χ2v) is 2.75. The number of hydrogen-bond acceptors (Lipinski definition) is 4. The van der Waals surface area contributed by atoms with Crippen LogP contribution < -0.4 is 0 Å². The van der Waals surface area contributed by atoms with Crippen LogP contribution in [0.2, 0.25) is 0 Å². The van der Waals surface area contributed by atoms with Crippen molar-refractivity contribution < 1.29 is 19.6 Å². The van der Waals surface area contributed by atoms with Crippen LogP contribution in [0.4, 0.5) is 0 Å². The van der Waals surface area contributed by atoms with Gasteiger partial charge in [-0.25, -0.2) is 9.90 Å². The molecule has 79 valence electrons. The molecule has 1 atom stereocenters. The van der Waals surface area contributed by atoms with E-state index in [0.717, 1.165) is 0 Å². The summed E-state index contributed by atoms with van der Waals surface area (Å²) in [5, 5.41) is 20.5. The average Bonchev–Trinajstić information content (AvgIpc) is 2.18. The van der Waals surface area contributed by atoms with E-state index in [4.69, 9.17) is 0 Å². The molecule has 1 radical (unpaired) electrons. The van der Waals surface area contributed by atoms with Crippen molar-refractivity contribution in [3.05, 3.63) is 46.0 Å². The topological polar surface area (TPSA) is 89.3 Å². The molecular weight excluding hydrogens is 202 g/mol. The van der Waals surface area contributed by atoms with Gasteiger partial charge < -0.3 is 4.74 Å². The summed E-state index contributed by atoms with van der Waals surface area (Å²) in [6.45, 7) is -0.138. The Morgan fingerprint density at radius 3 is 2.47 bits per heavy atom. The average molecular weight is 210 g/mol. The summed E-state index contributed by atoms with van der Waals surface area (Å²) in [7, 11) is 0. The maximum absolute atomic E-state index is 10.3. The molecule has 0 fully saturated rings. The van der Waals surface area contributed by atoms with E-state index in [0.29, 0.717) is 5.56 Å². The highest BCUT2D eigenvalue weighted by atomic mass is 16.7. The molecule has 0 saturated heterocycles. The third kappa shape index (κ3) is 3.35. The van der Waals surface area contributed by atoms with Crippen LogP contribution in [0.5, 0.6) is 0 Å². The molecule has 1 aromatic carbocycles. The number of nitrogens with zero attached hydrogens (tertiary/aromatic N) is 1. The number of rotatable bonds is 5. The highest BCUT2D eigenvalue weighted by Gasteiger charge is 2.32. The molecule has 0 aliphatic carbocycles. The molecule has 0 heterocycles. The van der Waals surface area contributed by atoms with E-state index in [2.05, 4.69) is 4.74 Å². The van der Waals surface area contributed by atoms with Crippen LogP contribution in [0.25, 0.3) is 0 Å². The minimum Gasteiger partial charge on any atom is -0.303 e. The molecule has 6 nitrogen and oxygen atoms in total. The lowest BCUT2D eigenvalue weighted by atomic mass is 10.2. The zero-order valence-electron chi connectivity index (χ0n) is 7.66. The second-order valence-electron chi connectivity index (χ2n) is 2.75. The van der Waals surface area contributed by atoms with Crippen LogP contribution in [-0.4, -0.2) is 17.1 Å². The molecule has 0 N–H and O–H groups in total. The Morgan fingerprint density at radius 2 is 2.00 bits per heavy atom. The molecule has 15 heavy (non-hydrogen) atoms. The van der Waals surface area contributed by atoms with E-state index in [1.807, 2.05) is 0 Å². The number of carbonyl (C=O) groups excluding carboxylic acids is 1. The van der Waals surface area contributed by atoms with E-state index >= 15 is 0 Å². The lowest BCUT2D eigenvalue weighted by Gasteiger charge is -2.04. The van der Waals surface area contributed by atoms with Crippen molar-refractivity contribution in [2.24, 2.45) is 0 Å². The van der Waals surface area contributed by atoms with Crippen LogP contribution in [0, 0.1) is 10.1 Å². The molecular formula is C9H8NO5. The maximum Gasteiger partial charge on any atom is 0.457 e. The van der Waals surface area contributed by atoms with E-state index in [1.165, 1.54) is 0 Å². The number of benzene rings is 1. The fraction of sp³-hybridized carbons (Fsp3) is 0.222. The molecule has 0 spiro atoms. The van der Waals surface area contributed by atoms with Crippen molar-refractivity contribution >= 4 is 5.97 Å². The van der Waals surface area contributed by atoms with Crippen LogP contribution >= 0.6 is 0 Å². The molecule has 0 bridgehead atoms. The Kier molecular flexibility index (Phi) is 3.75. The highest BCUT2D eigenvalue weighted by Crippen LogP contribution is 2.04. The summed E-state index contributed by atoms with van der Waals surface area (Å²) in [5.41, 5.74) is 0.658. The van der Waals surface area contributed by atoms with Gasteiger partial charge in [0, 0.05) is 0 Å². The van der Waals surface area contributed by atoms with Gasteiger partial charge in [-0.3, -0.25) is 10.1 Å². The molecule has 0 aliphatic heterocycles. The maximum atomic E-state index is 10.3. The third-order valence-electron chi connectivity index (χ3n) is 1.64. The summed E-state index contributed by atoms with van der Waals surface area (Å²) >= 11 is 0. The van der Waals surface area contributed by atoms with Gasteiger partial charge in [0.2, 0.25) is 0 Å². The Labute approximate surface area is 85.2 Å². The lowest BCUT2D eigenvalue weighted by molar-refractivity contribution is -0.563. The zero-order valence-corrected chi connectivity index (χ0v) is 7.66. The largest absolute Gasteiger partial charge is 0.457 e. The highest BCUT2D eigenvalue weighted by molar-refractivity contribution is 5.69. The molecule has 0 amide bonds. The number of carbonyl (C=O) groups is 1. The normalized spacial score (nSPS) is 12.0. The van der Waals surface area contributed by atoms with Crippen LogP contribution in [0.1, 0.15) is 5.56 Å². The Morgan fingerprint density at radius 1 is 1.40 bits per heavy atom. The first-order valence-corrected chi connectivity index (χ1v) is 4.11. The lowest BCUT2D eigenvalue weighted by Crippen LogP contribution is -2.31. The van der Waals surface area contributed by atoms with Crippen molar-refractivity contribution in [1.29, 1.82) is 0 Å². The van der Waals surface area contributed by atoms with Crippen molar-refractivity contribution in [3.63, 3.8) is 0 Å². The molecule has 1 aromatic rings. The summed E-state index contributed by atoms with van der Waals surface area (Å²) < 4.78 is 4.59. The van der Waals surface area contributed by atoms with Gasteiger partial charge in [-0.15, -0.1) is 0 Å².